The molecule has 0 radical (unpaired) electrons. The summed E-state index contributed by atoms with van der Waals surface area (Å²) < 4.78 is 1.84. The first-order valence-electron chi connectivity index (χ1n) is 9.54. The van der Waals surface area contributed by atoms with Crippen LogP contribution >= 0.6 is 11.3 Å². The van der Waals surface area contributed by atoms with Crippen molar-refractivity contribution in [1.29, 1.82) is 0 Å². The Bertz CT molecular complexity index is 950. The standard InChI is InChI=1S/C22H25N3OS/c1-15-8-10-24(11-9-15)22(26)20-14-18(21-5-4-12-27-21)23-25(20)19-7-6-16(2)13-17(19)3/h4-7,12-15H,8-11H2,1-3H3. The van der Waals surface area contributed by atoms with Crippen LogP contribution in [0.25, 0.3) is 16.3 Å². The average molecular weight is 380 g/mol. The van der Waals surface area contributed by atoms with Gasteiger partial charge in [0.25, 0.3) is 5.91 Å². The van der Waals surface area contributed by atoms with Crippen molar-refractivity contribution in [2.75, 3.05) is 13.1 Å². The van der Waals surface area contributed by atoms with E-state index in [4.69, 9.17) is 5.10 Å². The number of rotatable bonds is 3. The molecular formula is C22H25N3OS. The Labute approximate surface area is 164 Å². The minimum Gasteiger partial charge on any atom is -0.337 e. The van der Waals surface area contributed by atoms with Gasteiger partial charge in [-0.2, -0.15) is 5.10 Å². The highest BCUT2D eigenvalue weighted by atomic mass is 32.1. The second kappa shape index (κ2) is 7.31. The van der Waals surface area contributed by atoms with Crippen LogP contribution in [0.3, 0.4) is 0 Å². The summed E-state index contributed by atoms with van der Waals surface area (Å²) in [4.78, 5) is 16.4. The van der Waals surface area contributed by atoms with Gasteiger partial charge in [-0.3, -0.25) is 4.79 Å². The highest BCUT2D eigenvalue weighted by molar-refractivity contribution is 7.13. The van der Waals surface area contributed by atoms with E-state index in [1.165, 1.54) is 5.56 Å². The molecule has 3 heterocycles. The van der Waals surface area contributed by atoms with Crippen molar-refractivity contribution >= 4 is 17.2 Å². The summed E-state index contributed by atoms with van der Waals surface area (Å²) >= 11 is 1.65. The fourth-order valence-electron chi connectivity index (χ4n) is 3.68. The molecule has 0 aliphatic carbocycles. The van der Waals surface area contributed by atoms with Crippen LogP contribution in [0.15, 0.2) is 41.8 Å². The molecule has 0 spiro atoms. The molecule has 0 unspecified atom stereocenters. The monoisotopic (exact) mass is 379 g/mol. The Hall–Kier alpha value is -2.40. The summed E-state index contributed by atoms with van der Waals surface area (Å²) in [6, 6.07) is 12.3. The van der Waals surface area contributed by atoms with Crippen molar-refractivity contribution in [3.63, 3.8) is 0 Å². The van der Waals surface area contributed by atoms with Gasteiger partial charge in [-0.25, -0.2) is 4.68 Å². The third-order valence-corrected chi connectivity index (χ3v) is 6.25. The molecule has 0 atom stereocenters. The molecule has 1 saturated heterocycles. The minimum atomic E-state index is 0.0807. The van der Waals surface area contributed by atoms with E-state index in [1.807, 2.05) is 27.1 Å². The molecule has 3 aromatic rings. The lowest BCUT2D eigenvalue weighted by Gasteiger charge is -2.30. The minimum absolute atomic E-state index is 0.0807. The van der Waals surface area contributed by atoms with Gasteiger partial charge in [0.05, 0.1) is 10.6 Å². The van der Waals surface area contributed by atoms with Crippen molar-refractivity contribution in [1.82, 2.24) is 14.7 Å². The van der Waals surface area contributed by atoms with Gasteiger partial charge in [-0.1, -0.05) is 30.7 Å². The normalized spacial score (nSPS) is 15.3. The topological polar surface area (TPSA) is 38.1 Å². The lowest BCUT2D eigenvalue weighted by atomic mass is 9.99. The number of aromatic nitrogens is 2. The van der Waals surface area contributed by atoms with E-state index < -0.39 is 0 Å². The predicted molar refractivity (Wildman–Crippen MR) is 111 cm³/mol. The zero-order valence-electron chi connectivity index (χ0n) is 16.1. The maximum Gasteiger partial charge on any atom is 0.272 e. The van der Waals surface area contributed by atoms with E-state index in [9.17, 15) is 4.79 Å². The first-order chi connectivity index (χ1) is 13.0. The largest absolute Gasteiger partial charge is 0.337 e. The molecule has 140 valence electrons. The summed E-state index contributed by atoms with van der Waals surface area (Å²) in [6.07, 6.45) is 2.14. The van der Waals surface area contributed by atoms with Crippen LogP contribution in [0.1, 0.15) is 41.4 Å². The first kappa shape index (κ1) is 18.0. The number of nitrogens with zero attached hydrogens (tertiary/aromatic N) is 3. The zero-order chi connectivity index (χ0) is 19.0. The molecule has 1 aliphatic heterocycles. The summed E-state index contributed by atoms with van der Waals surface area (Å²) in [7, 11) is 0. The highest BCUT2D eigenvalue weighted by Gasteiger charge is 2.26. The van der Waals surface area contributed by atoms with Crippen LogP contribution in [0, 0.1) is 19.8 Å². The summed E-state index contributed by atoms with van der Waals surface area (Å²) in [5.74, 6) is 0.775. The zero-order valence-corrected chi connectivity index (χ0v) is 16.9. The highest BCUT2D eigenvalue weighted by Crippen LogP contribution is 2.28. The molecule has 5 heteroatoms. The fraction of sp³-hybridized carbons (Fsp3) is 0.364. The maximum absolute atomic E-state index is 13.3. The molecule has 27 heavy (non-hydrogen) atoms. The summed E-state index contributed by atoms with van der Waals surface area (Å²) in [5.41, 5.74) is 4.81. The van der Waals surface area contributed by atoms with E-state index >= 15 is 0 Å². The number of benzene rings is 1. The van der Waals surface area contributed by atoms with Gasteiger partial charge in [0.15, 0.2) is 0 Å². The van der Waals surface area contributed by atoms with Crippen molar-refractivity contribution in [3.8, 4) is 16.3 Å². The van der Waals surface area contributed by atoms with Gasteiger partial charge in [-0.05, 0) is 61.7 Å². The van der Waals surface area contributed by atoms with Gasteiger partial charge >= 0.3 is 0 Å². The number of hydrogen-bond donors (Lipinski definition) is 0. The summed E-state index contributed by atoms with van der Waals surface area (Å²) in [6.45, 7) is 8.07. The second-order valence-corrected chi connectivity index (χ2v) is 8.52. The number of carbonyl (C=O) groups is 1. The van der Waals surface area contributed by atoms with E-state index in [0.717, 1.165) is 47.8 Å². The number of thiophene rings is 1. The number of amides is 1. The van der Waals surface area contributed by atoms with Crippen molar-refractivity contribution in [3.05, 3.63) is 58.6 Å². The van der Waals surface area contributed by atoms with E-state index in [1.54, 1.807) is 11.3 Å². The van der Waals surface area contributed by atoms with E-state index in [0.29, 0.717) is 11.6 Å². The first-order valence-corrected chi connectivity index (χ1v) is 10.4. The summed E-state index contributed by atoms with van der Waals surface area (Å²) in [5, 5.41) is 6.86. The molecule has 1 aliphatic rings. The van der Waals surface area contributed by atoms with Crippen LogP contribution in [0.4, 0.5) is 0 Å². The van der Waals surface area contributed by atoms with Crippen LogP contribution in [-0.2, 0) is 0 Å². The Balaban J connectivity index is 1.78. The number of likely N-dealkylation sites (tertiary alicyclic amines) is 1. The molecule has 0 bridgehead atoms. The average Bonchev–Trinajstić information content (AvgIpc) is 3.31. The van der Waals surface area contributed by atoms with E-state index in [2.05, 4.69) is 45.0 Å². The van der Waals surface area contributed by atoms with Gasteiger partial charge < -0.3 is 4.90 Å². The smallest absolute Gasteiger partial charge is 0.272 e. The second-order valence-electron chi connectivity index (χ2n) is 7.57. The van der Waals surface area contributed by atoms with Gasteiger partial charge in [0, 0.05) is 13.1 Å². The Morgan fingerprint density at radius 1 is 1.15 bits per heavy atom. The van der Waals surface area contributed by atoms with Gasteiger partial charge in [0.1, 0.15) is 11.4 Å². The third kappa shape index (κ3) is 3.56. The van der Waals surface area contributed by atoms with Crippen LogP contribution in [0.2, 0.25) is 0 Å². The molecule has 1 fully saturated rings. The number of hydrogen-bond acceptors (Lipinski definition) is 3. The van der Waals surface area contributed by atoms with Crippen molar-refractivity contribution in [2.24, 2.45) is 5.92 Å². The van der Waals surface area contributed by atoms with Crippen molar-refractivity contribution in [2.45, 2.75) is 33.6 Å². The Kier molecular flexibility index (Phi) is 4.87. The van der Waals surface area contributed by atoms with Crippen LogP contribution < -0.4 is 0 Å². The molecule has 1 amide bonds. The van der Waals surface area contributed by atoms with Gasteiger partial charge in [0.2, 0.25) is 0 Å². The SMILES string of the molecule is Cc1ccc(-n2nc(-c3cccs3)cc2C(=O)N2CCC(C)CC2)c(C)c1. The molecule has 0 N–H and O–H groups in total. The fourth-order valence-corrected chi connectivity index (χ4v) is 4.36. The molecular weight excluding hydrogens is 354 g/mol. The molecule has 0 saturated carbocycles. The maximum atomic E-state index is 13.3. The number of piperidine rings is 1. The molecule has 4 nitrogen and oxygen atoms in total. The number of carbonyl (C=O) groups excluding carboxylic acids is 1. The number of aryl methyl sites for hydroxylation is 2. The predicted octanol–water partition coefficient (Wildman–Crippen LogP) is 5.09. The Morgan fingerprint density at radius 2 is 1.93 bits per heavy atom. The molecule has 2 aromatic heterocycles. The van der Waals surface area contributed by atoms with Crippen LogP contribution in [0.5, 0.6) is 0 Å². The van der Waals surface area contributed by atoms with Crippen LogP contribution in [-0.4, -0.2) is 33.7 Å². The van der Waals surface area contributed by atoms with Crippen molar-refractivity contribution < 1.29 is 4.79 Å². The lowest BCUT2D eigenvalue weighted by molar-refractivity contribution is 0.0688. The lowest BCUT2D eigenvalue weighted by Crippen LogP contribution is -2.38. The molecule has 4 rings (SSSR count). The van der Waals surface area contributed by atoms with Gasteiger partial charge in [-0.15, -0.1) is 11.3 Å². The molecule has 1 aromatic carbocycles. The van der Waals surface area contributed by atoms with E-state index in [-0.39, 0.29) is 5.91 Å². The Morgan fingerprint density at radius 3 is 2.59 bits per heavy atom. The third-order valence-electron chi connectivity index (χ3n) is 5.35. The quantitative estimate of drug-likeness (QED) is 0.636.